The SMILES string of the molecule is CC(=O)OC/C=C/CCC(=O)NS(=O)(=O)c1ccc(C)cc1. The van der Waals surface area contributed by atoms with Gasteiger partial charge in [-0.1, -0.05) is 29.8 Å². The summed E-state index contributed by atoms with van der Waals surface area (Å²) in [5.41, 5.74) is 0.934. The molecular weight excluding hydrogens is 306 g/mol. The van der Waals surface area contributed by atoms with Crippen LogP contribution in [0.15, 0.2) is 41.3 Å². The molecule has 0 radical (unpaired) electrons. The summed E-state index contributed by atoms with van der Waals surface area (Å²) in [6, 6.07) is 6.22. The second kappa shape index (κ2) is 8.33. The number of ether oxygens (including phenoxy) is 1. The number of hydrogen-bond acceptors (Lipinski definition) is 5. The number of aryl methyl sites for hydroxylation is 1. The predicted octanol–water partition coefficient (Wildman–Crippen LogP) is 1.70. The van der Waals surface area contributed by atoms with E-state index < -0.39 is 15.9 Å². The fraction of sp³-hybridized carbons (Fsp3) is 0.333. The van der Waals surface area contributed by atoms with Crippen LogP contribution in [0.5, 0.6) is 0 Å². The molecule has 0 bridgehead atoms. The molecule has 0 unspecified atom stereocenters. The predicted molar refractivity (Wildman–Crippen MR) is 81.5 cm³/mol. The minimum absolute atomic E-state index is 0.0294. The first-order chi connectivity index (χ1) is 10.3. The summed E-state index contributed by atoms with van der Waals surface area (Å²) in [6.07, 6.45) is 3.64. The fourth-order valence-electron chi connectivity index (χ4n) is 1.54. The molecule has 1 amide bonds. The highest BCUT2D eigenvalue weighted by Crippen LogP contribution is 2.10. The van der Waals surface area contributed by atoms with Gasteiger partial charge in [0.05, 0.1) is 4.90 Å². The van der Waals surface area contributed by atoms with E-state index in [1.807, 2.05) is 11.6 Å². The lowest BCUT2D eigenvalue weighted by molar-refractivity contribution is -0.139. The highest BCUT2D eigenvalue weighted by Gasteiger charge is 2.16. The highest BCUT2D eigenvalue weighted by atomic mass is 32.2. The van der Waals surface area contributed by atoms with E-state index in [1.165, 1.54) is 19.1 Å². The van der Waals surface area contributed by atoms with Gasteiger partial charge in [0, 0.05) is 13.3 Å². The molecule has 7 heteroatoms. The summed E-state index contributed by atoms with van der Waals surface area (Å²) in [4.78, 5) is 22.2. The first-order valence-electron chi connectivity index (χ1n) is 6.72. The van der Waals surface area contributed by atoms with Gasteiger partial charge in [-0.05, 0) is 25.5 Å². The van der Waals surface area contributed by atoms with Crippen LogP contribution in [0, 0.1) is 6.92 Å². The molecule has 0 atom stereocenters. The lowest BCUT2D eigenvalue weighted by atomic mass is 10.2. The van der Waals surface area contributed by atoms with E-state index in [1.54, 1.807) is 24.3 Å². The van der Waals surface area contributed by atoms with Crippen molar-refractivity contribution in [3.63, 3.8) is 0 Å². The van der Waals surface area contributed by atoms with E-state index in [2.05, 4.69) is 4.74 Å². The van der Waals surface area contributed by atoms with Gasteiger partial charge < -0.3 is 4.74 Å². The van der Waals surface area contributed by atoms with Crippen LogP contribution in [-0.4, -0.2) is 26.9 Å². The molecule has 0 aliphatic rings. The maximum atomic E-state index is 12.0. The molecule has 0 aliphatic heterocycles. The molecular formula is C15H19NO5S. The number of amides is 1. The molecule has 0 spiro atoms. The third kappa shape index (κ3) is 6.53. The Balaban J connectivity index is 2.44. The Morgan fingerprint density at radius 2 is 1.82 bits per heavy atom. The third-order valence-corrected chi connectivity index (χ3v) is 4.06. The summed E-state index contributed by atoms with van der Waals surface area (Å²) in [7, 11) is -3.83. The van der Waals surface area contributed by atoms with Gasteiger partial charge in [0.2, 0.25) is 5.91 Å². The Morgan fingerprint density at radius 1 is 1.18 bits per heavy atom. The van der Waals surface area contributed by atoms with Crippen molar-refractivity contribution in [1.29, 1.82) is 0 Å². The van der Waals surface area contributed by atoms with E-state index >= 15 is 0 Å². The average Bonchev–Trinajstić information content (AvgIpc) is 2.42. The van der Waals surface area contributed by atoms with Crippen LogP contribution in [0.2, 0.25) is 0 Å². The maximum Gasteiger partial charge on any atom is 0.302 e. The van der Waals surface area contributed by atoms with Gasteiger partial charge in [0.1, 0.15) is 6.61 Å². The van der Waals surface area contributed by atoms with Crippen LogP contribution >= 0.6 is 0 Å². The second-order valence-electron chi connectivity index (χ2n) is 4.65. The van der Waals surface area contributed by atoms with Crippen LogP contribution < -0.4 is 4.72 Å². The van der Waals surface area contributed by atoms with Crippen molar-refractivity contribution in [2.24, 2.45) is 0 Å². The van der Waals surface area contributed by atoms with Crippen LogP contribution in [0.25, 0.3) is 0 Å². The normalized spacial score (nSPS) is 11.4. The number of nitrogens with one attached hydrogen (secondary N) is 1. The standard InChI is InChI=1S/C15H19NO5S/c1-12-7-9-14(10-8-12)22(19,20)16-15(18)6-4-3-5-11-21-13(2)17/h3,5,7-10H,4,6,11H2,1-2H3,(H,16,18)/b5-3+. The van der Waals surface area contributed by atoms with Gasteiger partial charge in [-0.25, -0.2) is 13.1 Å². The molecule has 0 fully saturated rings. The molecule has 120 valence electrons. The van der Waals surface area contributed by atoms with Crippen molar-refractivity contribution in [2.75, 3.05) is 6.61 Å². The zero-order valence-corrected chi connectivity index (χ0v) is 13.4. The summed E-state index contributed by atoms with van der Waals surface area (Å²) >= 11 is 0. The van der Waals surface area contributed by atoms with E-state index in [4.69, 9.17) is 0 Å². The van der Waals surface area contributed by atoms with Crippen LogP contribution in [-0.2, 0) is 24.3 Å². The Hall–Kier alpha value is -2.15. The fourth-order valence-corrected chi connectivity index (χ4v) is 2.56. The average molecular weight is 325 g/mol. The topological polar surface area (TPSA) is 89.5 Å². The van der Waals surface area contributed by atoms with E-state index in [9.17, 15) is 18.0 Å². The molecule has 0 saturated heterocycles. The molecule has 6 nitrogen and oxygen atoms in total. The molecule has 0 heterocycles. The largest absolute Gasteiger partial charge is 0.462 e. The van der Waals surface area contributed by atoms with Gasteiger partial charge in [-0.15, -0.1) is 0 Å². The molecule has 0 saturated carbocycles. The van der Waals surface area contributed by atoms with Gasteiger partial charge in [-0.2, -0.15) is 0 Å². The molecule has 1 rings (SSSR count). The minimum Gasteiger partial charge on any atom is -0.462 e. The van der Waals surface area contributed by atoms with Crippen molar-refractivity contribution in [1.82, 2.24) is 4.72 Å². The molecule has 1 N–H and O–H groups in total. The number of carbonyl (C=O) groups is 2. The number of esters is 1. The molecule has 22 heavy (non-hydrogen) atoms. The molecule has 0 aliphatic carbocycles. The van der Waals surface area contributed by atoms with Crippen LogP contribution in [0.1, 0.15) is 25.3 Å². The summed E-state index contributed by atoms with van der Waals surface area (Å²) < 4.78 is 30.6. The Kier molecular flexibility index (Phi) is 6.78. The lowest BCUT2D eigenvalue weighted by Gasteiger charge is -2.06. The van der Waals surface area contributed by atoms with E-state index in [0.717, 1.165) is 5.56 Å². The zero-order valence-electron chi connectivity index (χ0n) is 12.5. The zero-order chi connectivity index (χ0) is 16.6. The van der Waals surface area contributed by atoms with Crippen molar-refractivity contribution >= 4 is 21.9 Å². The van der Waals surface area contributed by atoms with Crippen LogP contribution in [0.4, 0.5) is 0 Å². The lowest BCUT2D eigenvalue weighted by Crippen LogP contribution is -2.30. The molecule has 0 aromatic heterocycles. The molecule has 1 aromatic rings. The van der Waals surface area contributed by atoms with E-state index in [0.29, 0.717) is 6.42 Å². The Morgan fingerprint density at radius 3 is 2.41 bits per heavy atom. The van der Waals surface area contributed by atoms with Crippen molar-refractivity contribution in [2.45, 2.75) is 31.6 Å². The Bertz CT molecular complexity index is 647. The second-order valence-corrected chi connectivity index (χ2v) is 6.34. The number of benzene rings is 1. The third-order valence-electron chi connectivity index (χ3n) is 2.67. The number of allylic oxidation sites excluding steroid dienone is 1. The highest BCUT2D eigenvalue weighted by molar-refractivity contribution is 7.90. The van der Waals surface area contributed by atoms with Crippen LogP contribution in [0.3, 0.4) is 0 Å². The number of carbonyl (C=O) groups excluding carboxylic acids is 2. The maximum absolute atomic E-state index is 12.0. The summed E-state index contributed by atoms with van der Waals surface area (Å²) in [5.74, 6) is -0.968. The van der Waals surface area contributed by atoms with Crippen molar-refractivity contribution in [3.05, 3.63) is 42.0 Å². The van der Waals surface area contributed by atoms with Crippen molar-refractivity contribution < 1.29 is 22.7 Å². The van der Waals surface area contributed by atoms with Gasteiger partial charge in [0.15, 0.2) is 0 Å². The van der Waals surface area contributed by atoms with Gasteiger partial charge in [-0.3, -0.25) is 9.59 Å². The molecule has 1 aromatic carbocycles. The first-order valence-corrected chi connectivity index (χ1v) is 8.20. The smallest absolute Gasteiger partial charge is 0.302 e. The number of sulfonamides is 1. The number of rotatable bonds is 7. The number of hydrogen-bond donors (Lipinski definition) is 1. The quantitative estimate of drug-likeness (QED) is 0.609. The minimum atomic E-state index is -3.83. The summed E-state index contributed by atoms with van der Waals surface area (Å²) in [6.45, 7) is 3.28. The van der Waals surface area contributed by atoms with E-state index in [-0.39, 0.29) is 23.9 Å². The first kappa shape index (κ1) is 17.9. The monoisotopic (exact) mass is 325 g/mol. The summed E-state index contributed by atoms with van der Waals surface area (Å²) in [5, 5.41) is 0. The van der Waals surface area contributed by atoms with Crippen molar-refractivity contribution in [3.8, 4) is 0 Å². The Labute approximate surface area is 130 Å². The van der Waals surface area contributed by atoms with Gasteiger partial charge in [0.25, 0.3) is 10.0 Å². The van der Waals surface area contributed by atoms with Gasteiger partial charge >= 0.3 is 5.97 Å².